The quantitative estimate of drug-likeness (QED) is 0.782. The van der Waals surface area contributed by atoms with Crippen LogP contribution in [0.3, 0.4) is 0 Å². The molecule has 25 heavy (non-hydrogen) atoms. The van der Waals surface area contributed by atoms with Crippen molar-refractivity contribution in [1.29, 1.82) is 0 Å². The molecule has 3 aromatic heterocycles. The van der Waals surface area contributed by atoms with E-state index in [9.17, 15) is 18.0 Å². The van der Waals surface area contributed by atoms with Gasteiger partial charge in [-0.3, -0.25) is 4.79 Å². The minimum absolute atomic E-state index is 0.124. The molecule has 130 valence electrons. The lowest BCUT2D eigenvalue weighted by molar-refractivity contribution is -0.141. The number of amides is 1. The predicted molar refractivity (Wildman–Crippen MR) is 80.7 cm³/mol. The van der Waals surface area contributed by atoms with Crippen LogP contribution in [0.1, 0.15) is 33.1 Å². The fourth-order valence-corrected chi connectivity index (χ4v) is 2.24. The Bertz CT molecular complexity index is 950. The standard InChI is InChI=1S/C15H13F3N6O/c1-8-4-19-13-10(5-21-24(13)7-8)14(25)20-6-12-22-9(2)3-11(23-12)15(16,17)18/h3-5,7H,6H2,1-2H3,(H,20,25). The van der Waals surface area contributed by atoms with E-state index in [1.54, 1.807) is 12.4 Å². The van der Waals surface area contributed by atoms with Crippen molar-refractivity contribution >= 4 is 11.6 Å². The molecular weight excluding hydrogens is 337 g/mol. The molecule has 0 unspecified atom stereocenters. The van der Waals surface area contributed by atoms with Crippen LogP contribution in [0.4, 0.5) is 13.2 Å². The molecule has 0 saturated carbocycles. The first-order valence-corrected chi connectivity index (χ1v) is 7.24. The van der Waals surface area contributed by atoms with Crippen molar-refractivity contribution in [2.45, 2.75) is 26.6 Å². The lowest BCUT2D eigenvalue weighted by Gasteiger charge is -2.09. The molecule has 0 spiro atoms. The number of carbonyl (C=O) groups is 1. The van der Waals surface area contributed by atoms with Gasteiger partial charge in [0.1, 0.15) is 17.1 Å². The largest absolute Gasteiger partial charge is 0.433 e. The summed E-state index contributed by atoms with van der Waals surface area (Å²) in [5, 5.41) is 6.52. The van der Waals surface area contributed by atoms with Crippen LogP contribution in [-0.4, -0.2) is 30.5 Å². The predicted octanol–water partition coefficient (Wildman–Crippen LogP) is 2.08. The van der Waals surface area contributed by atoms with Crippen LogP contribution < -0.4 is 5.32 Å². The summed E-state index contributed by atoms with van der Waals surface area (Å²) >= 11 is 0. The van der Waals surface area contributed by atoms with E-state index in [4.69, 9.17) is 0 Å². The van der Waals surface area contributed by atoms with E-state index >= 15 is 0 Å². The van der Waals surface area contributed by atoms with Gasteiger partial charge in [0, 0.05) is 18.1 Å². The highest BCUT2D eigenvalue weighted by molar-refractivity contribution is 5.99. The number of aryl methyl sites for hydroxylation is 2. The number of aromatic nitrogens is 5. The highest BCUT2D eigenvalue weighted by atomic mass is 19.4. The Labute approximate surface area is 139 Å². The van der Waals surface area contributed by atoms with Gasteiger partial charge in [-0.15, -0.1) is 0 Å². The smallest absolute Gasteiger partial charge is 0.345 e. The van der Waals surface area contributed by atoms with Crippen LogP contribution in [0.15, 0.2) is 24.7 Å². The summed E-state index contributed by atoms with van der Waals surface area (Å²) in [4.78, 5) is 23.8. The van der Waals surface area contributed by atoms with E-state index < -0.39 is 17.8 Å². The van der Waals surface area contributed by atoms with Crippen molar-refractivity contribution in [1.82, 2.24) is 29.9 Å². The van der Waals surface area contributed by atoms with Crippen LogP contribution in [-0.2, 0) is 12.7 Å². The van der Waals surface area contributed by atoms with Gasteiger partial charge >= 0.3 is 6.18 Å². The maximum Gasteiger partial charge on any atom is 0.433 e. The SMILES string of the molecule is Cc1cnc2c(C(=O)NCc3nc(C)cc(C(F)(F)F)n3)cnn2c1. The van der Waals surface area contributed by atoms with Crippen molar-refractivity contribution in [3.05, 3.63) is 53.0 Å². The Hall–Kier alpha value is -3.04. The van der Waals surface area contributed by atoms with Gasteiger partial charge in [-0.05, 0) is 25.5 Å². The number of hydrogen-bond donors (Lipinski definition) is 1. The number of rotatable bonds is 3. The van der Waals surface area contributed by atoms with E-state index in [-0.39, 0.29) is 23.6 Å². The zero-order valence-corrected chi connectivity index (χ0v) is 13.3. The minimum atomic E-state index is -4.57. The molecule has 0 bridgehead atoms. The number of hydrogen-bond acceptors (Lipinski definition) is 5. The molecular formula is C15H13F3N6O. The van der Waals surface area contributed by atoms with E-state index in [1.165, 1.54) is 17.6 Å². The van der Waals surface area contributed by atoms with Crippen LogP contribution in [0.5, 0.6) is 0 Å². The summed E-state index contributed by atoms with van der Waals surface area (Å²) in [6.45, 7) is 3.02. The third kappa shape index (κ3) is 3.57. The van der Waals surface area contributed by atoms with Gasteiger partial charge in [-0.2, -0.15) is 18.3 Å². The second-order valence-electron chi connectivity index (χ2n) is 5.45. The van der Waals surface area contributed by atoms with Crippen molar-refractivity contribution in [2.24, 2.45) is 0 Å². The number of nitrogens with zero attached hydrogens (tertiary/aromatic N) is 5. The third-order valence-electron chi connectivity index (χ3n) is 3.33. The second-order valence-corrected chi connectivity index (χ2v) is 5.45. The Kier molecular flexibility index (Phi) is 4.11. The molecule has 1 N–H and O–H groups in total. The third-order valence-corrected chi connectivity index (χ3v) is 3.33. The highest BCUT2D eigenvalue weighted by Gasteiger charge is 2.33. The van der Waals surface area contributed by atoms with Crippen molar-refractivity contribution < 1.29 is 18.0 Å². The number of carbonyl (C=O) groups excluding carboxylic acids is 1. The molecule has 0 aromatic carbocycles. The van der Waals surface area contributed by atoms with E-state index in [1.807, 2.05) is 6.92 Å². The zero-order chi connectivity index (χ0) is 18.2. The monoisotopic (exact) mass is 350 g/mol. The van der Waals surface area contributed by atoms with Crippen LogP contribution >= 0.6 is 0 Å². The van der Waals surface area contributed by atoms with E-state index in [0.717, 1.165) is 11.6 Å². The summed E-state index contributed by atoms with van der Waals surface area (Å²) in [5.41, 5.74) is 0.556. The summed E-state index contributed by atoms with van der Waals surface area (Å²) in [5.74, 6) is -0.647. The van der Waals surface area contributed by atoms with Gasteiger partial charge < -0.3 is 5.32 Å². The number of nitrogens with one attached hydrogen (secondary N) is 1. The summed E-state index contributed by atoms with van der Waals surface area (Å²) in [6.07, 6.45) is 0.0670. The Morgan fingerprint density at radius 2 is 2.00 bits per heavy atom. The summed E-state index contributed by atoms with van der Waals surface area (Å²) in [7, 11) is 0. The van der Waals surface area contributed by atoms with Gasteiger partial charge in [0.05, 0.1) is 12.7 Å². The van der Waals surface area contributed by atoms with Gasteiger partial charge in [0.25, 0.3) is 5.91 Å². The van der Waals surface area contributed by atoms with Crippen molar-refractivity contribution in [3.8, 4) is 0 Å². The number of halogens is 3. The summed E-state index contributed by atoms with van der Waals surface area (Å²) < 4.78 is 39.8. The fourth-order valence-electron chi connectivity index (χ4n) is 2.24. The molecule has 0 radical (unpaired) electrons. The Morgan fingerprint density at radius 1 is 1.24 bits per heavy atom. The maximum absolute atomic E-state index is 12.8. The normalized spacial score (nSPS) is 11.7. The second kappa shape index (κ2) is 6.11. The molecule has 0 atom stereocenters. The van der Waals surface area contributed by atoms with Gasteiger partial charge in [0.15, 0.2) is 5.65 Å². The molecule has 0 fully saturated rings. The average molecular weight is 350 g/mol. The van der Waals surface area contributed by atoms with E-state index in [0.29, 0.717) is 5.65 Å². The van der Waals surface area contributed by atoms with Gasteiger partial charge in [0.2, 0.25) is 0 Å². The molecule has 0 saturated heterocycles. The molecule has 3 rings (SSSR count). The molecule has 0 aliphatic carbocycles. The van der Waals surface area contributed by atoms with Crippen molar-refractivity contribution in [3.63, 3.8) is 0 Å². The lowest BCUT2D eigenvalue weighted by atomic mass is 10.3. The topological polar surface area (TPSA) is 85.1 Å². The van der Waals surface area contributed by atoms with Gasteiger partial charge in [-0.25, -0.2) is 19.5 Å². The fraction of sp³-hybridized carbons (Fsp3) is 0.267. The zero-order valence-electron chi connectivity index (χ0n) is 13.3. The maximum atomic E-state index is 12.8. The van der Waals surface area contributed by atoms with E-state index in [2.05, 4.69) is 25.4 Å². The van der Waals surface area contributed by atoms with Gasteiger partial charge in [-0.1, -0.05) is 0 Å². The number of fused-ring (bicyclic) bond motifs is 1. The van der Waals surface area contributed by atoms with Crippen LogP contribution in [0.2, 0.25) is 0 Å². The molecule has 10 heteroatoms. The molecule has 3 aromatic rings. The highest BCUT2D eigenvalue weighted by Crippen LogP contribution is 2.27. The first-order chi connectivity index (χ1) is 11.7. The minimum Gasteiger partial charge on any atom is -0.345 e. The summed E-state index contributed by atoms with van der Waals surface area (Å²) in [6, 6.07) is 0.850. The number of alkyl halides is 3. The molecule has 7 nitrogen and oxygen atoms in total. The van der Waals surface area contributed by atoms with Crippen LogP contribution in [0.25, 0.3) is 5.65 Å². The average Bonchev–Trinajstić information content (AvgIpc) is 2.94. The molecule has 0 aliphatic heterocycles. The molecule has 3 heterocycles. The van der Waals surface area contributed by atoms with Crippen molar-refractivity contribution in [2.75, 3.05) is 0 Å². The Balaban J connectivity index is 1.79. The first kappa shape index (κ1) is 16.8. The molecule has 0 aliphatic rings. The first-order valence-electron chi connectivity index (χ1n) is 7.24. The van der Waals surface area contributed by atoms with Crippen LogP contribution in [0, 0.1) is 13.8 Å². The lowest BCUT2D eigenvalue weighted by Crippen LogP contribution is -2.25. The molecule has 1 amide bonds. The Morgan fingerprint density at radius 3 is 2.72 bits per heavy atom.